The number of nitrogens with zero attached hydrogens (tertiary/aromatic N) is 1. The van der Waals surface area contributed by atoms with Crippen LogP contribution in [0.25, 0.3) is 0 Å². The van der Waals surface area contributed by atoms with Crippen molar-refractivity contribution in [3.8, 4) is 0 Å². The fourth-order valence-electron chi connectivity index (χ4n) is 2.07. The lowest BCUT2D eigenvalue weighted by Crippen LogP contribution is -2.31. The Morgan fingerprint density at radius 2 is 1.74 bits per heavy atom. The van der Waals surface area contributed by atoms with Crippen LogP contribution in [0.4, 0.5) is 11.4 Å². The molecule has 0 fully saturated rings. The number of anilines is 2. The Balaban J connectivity index is 2.35. The van der Waals surface area contributed by atoms with Gasteiger partial charge in [0.15, 0.2) is 0 Å². The van der Waals surface area contributed by atoms with Gasteiger partial charge in [0.1, 0.15) is 0 Å². The van der Waals surface area contributed by atoms with Gasteiger partial charge in [-0.2, -0.15) is 0 Å². The Hall–Kier alpha value is -2.29. The molecule has 1 amide bonds. The van der Waals surface area contributed by atoms with Gasteiger partial charge in [-0.05, 0) is 49.7 Å². The largest absolute Gasteiger partial charge is 0.399 e. The number of nitrogen functional groups attached to an aromatic ring is 1. The zero-order chi connectivity index (χ0) is 13.8. The summed E-state index contributed by atoms with van der Waals surface area (Å²) >= 11 is 0. The van der Waals surface area contributed by atoms with E-state index in [1.165, 1.54) is 0 Å². The first-order valence-corrected chi connectivity index (χ1v) is 6.36. The third-order valence-electron chi connectivity index (χ3n) is 3.13. The normalized spacial score (nSPS) is 10.2. The Labute approximate surface area is 113 Å². The predicted molar refractivity (Wildman–Crippen MR) is 79.4 cm³/mol. The minimum absolute atomic E-state index is 0.00296. The quantitative estimate of drug-likeness (QED) is 0.855. The molecule has 0 atom stereocenters. The van der Waals surface area contributed by atoms with Gasteiger partial charge in [-0.1, -0.05) is 18.2 Å². The van der Waals surface area contributed by atoms with Crippen LogP contribution >= 0.6 is 0 Å². The van der Waals surface area contributed by atoms with E-state index in [9.17, 15) is 4.79 Å². The maximum atomic E-state index is 12.5. The molecule has 0 aromatic heterocycles. The highest BCUT2D eigenvalue weighted by Gasteiger charge is 2.17. The number of carbonyl (C=O) groups excluding carboxylic acids is 1. The molecule has 2 aromatic carbocycles. The first-order chi connectivity index (χ1) is 9.13. The number of aryl methyl sites for hydroxylation is 1. The van der Waals surface area contributed by atoms with Crippen molar-refractivity contribution in [1.29, 1.82) is 0 Å². The first kappa shape index (κ1) is 13.1. The summed E-state index contributed by atoms with van der Waals surface area (Å²) in [7, 11) is 0. The zero-order valence-electron chi connectivity index (χ0n) is 11.3. The van der Waals surface area contributed by atoms with Crippen molar-refractivity contribution in [2.24, 2.45) is 0 Å². The third-order valence-corrected chi connectivity index (χ3v) is 3.13. The molecule has 0 radical (unpaired) electrons. The lowest BCUT2D eigenvalue weighted by Gasteiger charge is -2.23. The summed E-state index contributed by atoms with van der Waals surface area (Å²) in [5.41, 5.74) is 9.00. The van der Waals surface area contributed by atoms with E-state index in [1.807, 2.05) is 38.1 Å². The Bertz CT molecular complexity index is 576. The molecular weight excluding hydrogens is 236 g/mol. The van der Waals surface area contributed by atoms with Crippen molar-refractivity contribution in [3.05, 3.63) is 59.7 Å². The number of para-hydroxylation sites is 1. The Kier molecular flexibility index (Phi) is 3.85. The molecule has 0 aliphatic rings. The van der Waals surface area contributed by atoms with Gasteiger partial charge in [-0.15, -0.1) is 0 Å². The SMILES string of the molecule is CCN(C(=O)c1ccc(N)cc1)c1ccccc1C. The second-order valence-corrected chi connectivity index (χ2v) is 4.46. The minimum atomic E-state index is -0.00296. The highest BCUT2D eigenvalue weighted by Crippen LogP contribution is 2.21. The standard InChI is InChI=1S/C16H18N2O/c1-3-18(15-7-5-4-6-12(15)2)16(19)13-8-10-14(17)11-9-13/h4-11H,3,17H2,1-2H3. The number of carbonyl (C=O) groups is 1. The van der Waals surface area contributed by atoms with Gasteiger partial charge >= 0.3 is 0 Å². The molecule has 0 spiro atoms. The van der Waals surface area contributed by atoms with Crippen LogP contribution in [0.1, 0.15) is 22.8 Å². The highest BCUT2D eigenvalue weighted by molar-refractivity contribution is 6.06. The van der Waals surface area contributed by atoms with Gasteiger partial charge in [-0.25, -0.2) is 0 Å². The lowest BCUT2D eigenvalue weighted by atomic mass is 10.1. The van der Waals surface area contributed by atoms with Crippen molar-refractivity contribution in [2.75, 3.05) is 17.2 Å². The van der Waals surface area contributed by atoms with E-state index in [-0.39, 0.29) is 5.91 Å². The van der Waals surface area contributed by atoms with Crippen LogP contribution in [0.5, 0.6) is 0 Å². The molecule has 98 valence electrons. The second-order valence-electron chi connectivity index (χ2n) is 4.46. The number of hydrogen-bond donors (Lipinski definition) is 1. The first-order valence-electron chi connectivity index (χ1n) is 6.36. The Morgan fingerprint density at radius 1 is 1.11 bits per heavy atom. The number of amides is 1. The van der Waals surface area contributed by atoms with Gasteiger partial charge in [0.05, 0.1) is 0 Å². The third kappa shape index (κ3) is 2.76. The van der Waals surface area contributed by atoms with Crippen molar-refractivity contribution in [1.82, 2.24) is 0 Å². The van der Waals surface area contributed by atoms with Crippen LogP contribution in [0, 0.1) is 6.92 Å². The zero-order valence-corrected chi connectivity index (χ0v) is 11.3. The van der Waals surface area contributed by atoms with Crippen molar-refractivity contribution < 1.29 is 4.79 Å². The topological polar surface area (TPSA) is 46.3 Å². The molecular formula is C16H18N2O. The fraction of sp³-hybridized carbons (Fsp3) is 0.188. The predicted octanol–water partition coefficient (Wildman–Crippen LogP) is 3.24. The molecule has 0 saturated heterocycles. The lowest BCUT2D eigenvalue weighted by molar-refractivity contribution is 0.0988. The van der Waals surface area contributed by atoms with E-state index in [4.69, 9.17) is 5.73 Å². The molecule has 0 aliphatic carbocycles. The molecule has 0 bridgehead atoms. The summed E-state index contributed by atoms with van der Waals surface area (Å²) in [4.78, 5) is 14.3. The van der Waals surface area contributed by atoms with Crippen molar-refractivity contribution >= 4 is 17.3 Å². The second kappa shape index (κ2) is 5.57. The van der Waals surface area contributed by atoms with Crippen LogP contribution in [-0.2, 0) is 0 Å². The van der Waals surface area contributed by atoms with Crippen molar-refractivity contribution in [2.45, 2.75) is 13.8 Å². The van der Waals surface area contributed by atoms with Crippen LogP contribution in [0.15, 0.2) is 48.5 Å². The molecule has 2 N–H and O–H groups in total. The molecule has 0 aliphatic heterocycles. The summed E-state index contributed by atoms with van der Waals surface area (Å²) in [5.74, 6) is -0.00296. The monoisotopic (exact) mass is 254 g/mol. The summed E-state index contributed by atoms with van der Waals surface area (Å²) in [6.07, 6.45) is 0. The van der Waals surface area contributed by atoms with E-state index in [1.54, 1.807) is 29.2 Å². The molecule has 3 heteroatoms. The average molecular weight is 254 g/mol. The molecule has 19 heavy (non-hydrogen) atoms. The number of hydrogen-bond acceptors (Lipinski definition) is 2. The molecule has 0 unspecified atom stereocenters. The molecule has 0 saturated carbocycles. The summed E-state index contributed by atoms with van der Waals surface area (Å²) in [5, 5.41) is 0. The van der Waals surface area contributed by atoms with E-state index < -0.39 is 0 Å². The number of rotatable bonds is 3. The molecule has 3 nitrogen and oxygen atoms in total. The maximum absolute atomic E-state index is 12.5. The fourth-order valence-corrected chi connectivity index (χ4v) is 2.07. The van der Waals surface area contributed by atoms with E-state index >= 15 is 0 Å². The van der Waals surface area contributed by atoms with Crippen LogP contribution in [0.3, 0.4) is 0 Å². The van der Waals surface area contributed by atoms with Gasteiger partial charge in [0, 0.05) is 23.5 Å². The molecule has 0 heterocycles. The average Bonchev–Trinajstić information content (AvgIpc) is 2.42. The number of benzene rings is 2. The van der Waals surface area contributed by atoms with Gasteiger partial charge in [-0.3, -0.25) is 4.79 Å². The summed E-state index contributed by atoms with van der Waals surface area (Å²) in [6.45, 7) is 4.62. The van der Waals surface area contributed by atoms with E-state index in [2.05, 4.69) is 0 Å². The van der Waals surface area contributed by atoms with Gasteiger partial charge in [0.2, 0.25) is 0 Å². The van der Waals surface area contributed by atoms with Crippen LogP contribution < -0.4 is 10.6 Å². The van der Waals surface area contributed by atoms with Crippen LogP contribution in [0.2, 0.25) is 0 Å². The van der Waals surface area contributed by atoms with Crippen molar-refractivity contribution in [3.63, 3.8) is 0 Å². The highest BCUT2D eigenvalue weighted by atomic mass is 16.2. The van der Waals surface area contributed by atoms with Gasteiger partial charge < -0.3 is 10.6 Å². The minimum Gasteiger partial charge on any atom is -0.399 e. The van der Waals surface area contributed by atoms with E-state index in [0.29, 0.717) is 17.8 Å². The summed E-state index contributed by atoms with van der Waals surface area (Å²) in [6, 6.07) is 14.9. The summed E-state index contributed by atoms with van der Waals surface area (Å²) < 4.78 is 0. The van der Waals surface area contributed by atoms with E-state index in [0.717, 1.165) is 11.3 Å². The molecule has 2 rings (SSSR count). The maximum Gasteiger partial charge on any atom is 0.258 e. The van der Waals surface area contributed by atoms with Gasteiger partial charge in [0.25, 0.3) is 5.91 Å². The van der Waals surface area contributed by atoms with Crippen LogP contribution in [-0.4, -0.2) is 12.5 Å². The Morgan fingerprint density at radius 3 is 2.32 bits per heavy atom. The number of nitrogens with two attached hydrogens (primary N) is 1. The molecule has 2 aromatic rings. The smallest absolute Gasteiger partial charge is 0.258 e.